The van der Waals surface area contributed by atoms with E-state index < -0.39 is 5.91 Å². The highest BCUT2D eigenvalue weighted by atomic mass is 79.9. The van der Waals surface area contributed by atoms with Crippen LogP contribution in [0.25, 0.3) is 11.0 Å². The van der Waals surface area contributed by atoms with Crippen molar-refractivity contribution in [3.8, 4) is 0 Å². The Kier molecular flexibility index (Phi) is 5.61. The number of ether oxygens (including phenoxy) is 1. The molecule has 8 heteroatoms. The van der Waals surface area contributed by atoms with Crippen molar-refractivity contribution >= 4 is 32.8 Å². The summed E-state index contributed by atoms with van der Waals surface area (Å²) in [4.78, 5) is 27.2. The second-order valence-electron chi connectivity index (χ2n) is 6.50. The van der Waals surface area contributed by atoms with Crippen LogP contribution in [-0.2, 0) is 4.74 Å². The largest absolute Gasteiger partial charge is 0.468 e. The van der Waals surface area contributed by atoms with Crippen molar-refractivity contribution in [1.29, 1.82) is 0 Å². The van der Waals surface area contributed by atoms with E-state index in [9.17, 15) is 9.59 Å². The topological polar surface area (TPSA) is 84.9 Å². The molecule has 1 amide bonds. The molecular weight excluding hydrogens is 428 g/mol. The molecule has 0 radical (unpaired) electrons. The maximum absolute atomic E-state index is 12.6. The molecule has 3 aromatic rings. The predicted molar refractivity (Wildman–Crippen MR) is 106 cm³/mol. The van der Waals surface area contributed by atoms with Gasteiger partial charge in [-0.1, -0.05) is 15.9 Å². The van der Waals surface area contributed by atoms with Gasteiger partial charge >= 0.3 is 0 Å². The summed E-state index contributed by atoms with van der Waals surface area (Å²) in [5.74, 6) is 0.318. The lowest BCUT2D eigenvalue weighted by atomic mass is 10.1. The predicted octanol–water partition coefficient (Wildman–Crippen LogP) is 2.95. The number of morpholine rings is 1. The van der Waals surface area contributed by atoms with Gasteiger partial charge in [0, 0.05) is 30.2 Å². The first-order chi connectivity index (χ1) is 13.6. The summed E-state index contributed by atoms with van der Waals surface area (Å²) in [5.41, 5.74) is 0.111. The number of furan rings is 1. The highest BCUT2D eigenvalue weighted by Crippen LogP contribution is 2.22. The minimum absolute atomic E-state index is 0.0139. The van der Waals surface area contributed by atoms with E-state index in [4.69, 9.17) is 13.6 Å². The molecule has 7 nitrogen and oxygen atoms in total. The fourth-order valence-electron chi connectivity index (χ4n) is 3.30. The standard InChI is InChI=1S/C20H19BrN2O5/c21-13-3-4-17-14(10-13)16(24)11-19(28-17)20(25)22-12-15(18-2-1-7-27-18)23-5-8-26-9-6-23/h1-4,7,10-11,15H,5-6,8-9,12H2,(H,22,25). The first-order valence-corrected chi connectivity index (χ1v) is 9.78. The molecular formula is C20H19BrN2O5. The Balaban J connectivity index is 1.53. The van der Waals surface area contributed by atoms with Crippen molar-refractivity contribution in [2.24, 2.45) is 0 Å². The molecule has 1 aromatic carbocycles. The Labute approximate surface area is 169 Å². The smallest absolute Gasteiger partial charge is 0.287 e. The molecule has 28 heavy (non-hydrogen) atoms. The molecule has 1 aliphatic heterocycles. The summed E-state index contributed by atoms with van der Waals surface area (Å²) in [6.45, 7) is 3.11. The lowest BCUT2D eigenvalue weighted by Crippen LogP contribution is -2.43. The summed E-state index contributed by atoms with van der Waals surface area (Å²) >= 11 is 3.33. The van der Waals surface area contributed by atoms with Crippen LogP contribution in [0.2, 0.25) is 0 Å². The molecule has 2 aromatic heterocycles. The number of carbonyl (C=O) groups is 1. The van der Waals surface area contributed by atoms with Gasteiger partial charge in [0.1, 0.15) is 11.3 Å². The molecule has 146 valence electrons. The number of fused-ring (bicyclic) bond motifs is 1. The van der Waals surface area contributed by atoms with Crippen molar-refractivity contribution < 1.29 is 18.4 Å². The first-order valence-electron chi connectivity index (χ1n) is 8.98. The summed E-state index contributed by atoms with van der Waals surface area (Å²) < 4.78 is 17.4. The van der Waals surface area contributed by atoms with E-state index in [0.717, 1.165) is 23.3 Å². The van der Waals surface area contributed by atoms with Crippen LogP contribution in [0.1, 0.15) is 22.4 Å². The van der Waals surface area contributed by atoms with Gasteiger partial charge < -0.3 is 18.9 Å². The van der Waals surface area contributed by atoms with E-state index in [1.54, 1.807) is 24.5 Å². The Bertz CT molecular complexity index is 1020. The quantitative estimate of drug-likeness (QED) is 0.648. The van der Waals surface area contributed by atoms with Crippen molar-refractivity contribution in [3.63, 3.8) is 0 Å². The van der Waals surface area contributed by atoms with E-state index in [2.05, 4.69) is 26.1 Å². The van der Waals surface area contributed by atoms with E-state index in [-0.39, 0.29) is 17.2 Å². The molecule has 1 atom stereocenters. The van der Waals surface area contributed by atoms with Crippen LogP contribution in [0.15, 0.2) is 60.8 Å². The molecule has 1 fully saturated rings. The number of carbonyl (C=O) groups excluding carboxylic acids is 1. The van der Waals surface area contributed by atoms with Gasteiger partial charge in [-0.2, -0.15) is 0 Å². The summed E-state index contributed by atoms with van der Waals surface area (Å²) in [5, 5.41) is 3.29. The number of nitrogens with one attached hydrogen (secondary N) is 1. The molecule has 0 aliphatic carbocycles. The van der Waals surface area contributed by atoms with Crippen LogP contribution in [0, 0.1) is 0 Å². The van der Waals surface area contributed by atoms with E-state index in [1.165, 1.54) is 6.07 Å². The lowest BCUT2D eigenvalue weighted by Gasteiger charge is -2.33. The number of halogens is 1. The third-order valence-electron chi connectivity index (χ3n) is 4.73. The van der Waals surface area contributed by atoms with Crippen LogP contribution in [0.5, 0.6) is 0 Å². The average Bonchev–Trinajstić information content (AvgIpc) is 3.24. The highest BCUT2D eigenvalue weighted by molar-refractivity contribution is 9.10. The van der Waals surface area contributed by atoms with Crippen molar-refractivity contribution in [2.45, 2.75) is 6.04 Å². The SMILES string of the molecule is O=C(NCC(c1ccco1)N1CCOCC1)c1cc(=O)c2cc(Br)ccc2o1. The van der Waals surface area contributed by atoms with Gasteiger partial charge in [0.25, 0.3) is 5.91 Å². The maximum atomic E-state index is 12.6. The van der Waals surface area contributed by atoms with E-state index in [0.29, 0.717) is 30.7 Å². The fraction of sp³-hybridized carbons (Fsp3) is 0.300. The summed E-state index contributed by atoms with van der Waals surface area (Å²) in [6.07, 6.45) is 1.62. The zero-order chi connectivity index (χ0) is 19.5. The molecule has 0 spiro atoms. The molecule has 1 unspecified atom stereocenters. The van der Waals surface area contributed by atoms with Crippen molar-refractivity contribution in [2.75, 3.05) is 32.8 Å². The van der Waals surface area contributed by atoms with Crippen LogP contribution in [0.4, 0.5) is 0 Å². The molecule has 1 aliphatic rings. The van der Waals surface area contributed by atoms with Crippen LogP contribution < -0.4 is 10.7 Å². The Morgan fingerprint density at radius 3 is 2.79 bits per heavy atom. The van der Waals surface area contributed by atoms with E-state index >= 15 is 0 Å². The minimum atomic E-state index is -0.438. The van der Waals surface area contributed by atoms with Crippen LogP contribution >= 0.6 is 15.9 Å². The number of nitrogens with zero attached hydrogens (tertiary/aromatic N) is 1. The fourth-order valence-corrected chi connectivity index (χ4v) is 3.66. The van der Waals surface area contributed by atoms with Gasteiger partial charge in [-0.25, -0.2) is 0 Å². The van der Waals surface area contributed by atoms with E-state index in [1.807, 2.05) is 12.1 Å². The monoisotopic (exact) mass is 446 g/mol. The number of benzene rings is 1. The summed E-state index contributed by atoms with van der Waals surface area (Å²) in [7, 11) is 0. The van der Waals surface area contributed by atoms with Gasteiger partial charge in [-0.3, -0.25) is 14.5 Å². The second-order valence-corrected chi connectivity index (χ2v) is 7.42. The molecule has 1 N–H and O–H groups in total. The van der Waals surface area contributed by atoms with Gasteiger partial charge in [-0.05, 0) is 30.3 Å². The van der Waals surface area contributed by atoms with Crippen molar-refractivity contribution in [3.05, 3.63) is 68.9 Å². The molecule has 3 heterocycles. The van der Waals surface area contributed by atoms with Gasteiger partial charge in [0.05, 0.1) is 30.9 Å². The second kappa shape index (κ2) is 8.30. The number of hydrogen-bond donors (Lipinski definition) is 1. The molecule has 4 rings (SSSR count). The summed E-state index contributed by atoms with van der Waals surface area (Å²) in [6, 6.07) is 9.92. The zero-order valence-electron chi connectivity index (χ0n) is 15.0. The van der Waals surface area contributed by atoms with Crippen molar-refractivity contribution in [1.82, 2.24) is 10.2 Å². The Morgan fingerprint density at radius 2 is 2.04 bits per heavy atom. The molecule has 0 bridgehead atoms. The molecule has 0 saturated carbocycles. The maximum Gasteiger partial charge on any atom is 0.287 e. The highest BCUT2D eigenvalue weighted by Gasteiger charge is 2.26. The number of rotatable bonds is 5. The van der Waals surface area contributed by atoms with Crippen LogP contribution in [0.3, 0.4) is 0 Å². The normalized spacial score (nSPS) is 16.2. The molecule has 1 saturated heterocycles. The Morgan fingerprint density at radius 1 is 1.21 bits per heavy atom. The zero-order valence-corrected chi connectivity index (χ0v) is 16.6. The van der Waals surface area contributed by atoms with Gasteiger partial charge in [0.15, 0.2) is 11.2 Å². The third-order valence-corrected chi connectivity index (χ3v) is 5.22. The number of hydrogen-bond acceptors (Lipinski definition) is 6. The number of amides is 1. The minimum Gasteiger partial charge on any atom is -0.468 e. The average molecular weight is 447 g/mol. The van der Waals surface area contributed by atoms with Gasteiger partial charge in [-0.15, -0.1) is 0 Å². The third kappa shape index (κ3) is 4.04. The first kappa shape index (κ1) is 18.9. The van der Waals surface area contributed by atoms with Crippen LogP contribution in [-0.4, -0.2) is 43.7 Å². The lowest BCUT2D eigenvalue weighted by molar-refractivity contribution is 0.0117. The Hall–Kier alpha value is -2.42. The van der Waals surface area contributed by atoms with Gasteiger partial charge in [0.2, 0.25) is 0 Å².